The van der Waals surface area contributed by atoms with Crippen LogP contribution in [0.3, 0.4) is 0 Å². The summed E-state index contributed by atoms with van der Waals surface area (Å²) in [6, 6.07) is 4.99. The van der Waals surface area contributed by atoms with Gasteiger partial charge in [0.1, 0.15) is 0 Å². The van der Waals surface area contributed by atoms with E-state index in [-0.39, 0.29) is 114 Å². The first-order valence-electron chi connectivity index (χ1n) is 4.18. The molecule has 0 amide bonds. The number of carbonyl (C=O) groups is 2. The fraction of sp³-hybridized carbons (Fsp3) is 0. The van der Waals surface area contributed by atoms with Crippen molar-refractivity contribution in [1.29, 1.82) is 0 Å². The Hall–Kier alpha value is 1.65. The number of benzene rings is 1. The molecule has 0 aromatic heterocycles. The van der Waals surface area contributed by atoms with Crippen LogP contribution >= 0.6 is 0 Å². The summed E-state index contributed by atoms with van der Waals surface area (Å²) in [6.45, 7) is 0. The van der Waals surface area contributed by atoms with Crippen LogP contribution in [0.4, 0.5) is 0 Å². The summed E-state index contributed by atoms with van der Waals surface area (Å²) >= 11 is -5.68. The van der Waals surface area contributed by atoms with Gasteiger partial charge >= 0.3 is 137 Å². The summed E-state index contributed by atoms with van der Waals surface area (Å²) in [4.78, 5) is 22.7. The zero-order valence-electron chi connectivity index (χ0n) is 8.47. The average Bonchev–Trinajstić information content (AvgIpc) is 2.27. The average molecular weight is 374 g/mol. The predicted octanol–water partition coefficient (Wildman–Crippen LogP) is -1.02. The van der Waals surface area contributed by atoms with E-state index < -0.39 is 34.7 Å². The fourth-order valence-corrected chi connectivity index (χ4v) is 1.50. The molecule has 0 heterocycles. The molecule has 0 radical (unpaired) electrons. The summed E-state index contributed by atoms with van der Waals surface area (Å²) in [5.41, 5.74) is -0.731. The van der Waals surface area contributed by atoms with Gasteiger partial charge in [0.15, 0.2) is 0 Å². The van der Waals surface area contributed by atoms with E-state index in [2.05, 4.69) is 8.37 Å². The quantitative estimate of drug-likeness (QED) is 0.506. The first kappa shape index (κ1) is 23.9. The van der Waals surface area contributed by atoms with Crippen LogP contribution in [-0.4, -0.2) is 132 Å². The molecule has 20 heavy (non-hydrogen) atoms. The van der Waals surface area contributed by atoms with E-state index in [1.54, 1.807) is 0 Å². The molecule has 1 aromatic rings. The number of rotatable bonds is 4. The minimum atomic E-state index is -2.84. The molecule has 12 heteroatoms. The Labute approximate surface area is 204 Å². The third-order valence-corrected chi connectivity index (χ3v) is 2.25. The van der Waals surface area contributed by atoms with E-state index >= 15 is 0 Å². The normalized spacial score (nSPS) is 12.1. The molecule has 2 N–H and O–H groups in total. The molecule has 0 aliphatic rings. The Bertz CT molecular complexity index is 488. The van der Waals surface area contributed by atoms with Gasteiger partial charge in [-0.15, -0.1) is 0 Å². The van der Waals surface area contributed by atoms with Crippen molar-refractivity contribution in [3.05, 3.63) is 35.4 Å². The second-order valence-corrected chi connectivity index (χ2v) is 3.92. The van der Waals surface area contributed by atoms with E-state index in [0.717, 1.165) is 12.1 Å². The van der Waals surface area contributed by atoms with Crippen LogP contribution < -0.4 is 0 Å². The van der Waals surface area contributed by atoms with Crippen LogP contribution in [-0.2, 0) is 31.1 Å². The van der Waals surface area contributed by atoms with Gasteiger partial charge < -0.3 is 8.37 Å². The summed E-state index contributed by atoms with van der Waals surface area (Å²) in [5.74, 6) is -2.49. The molecule has 0 fully saturated rings. The van der Waals surface area contributed by atoms with Crippen LogP contribution in [0.1, 0.15) is 20.7 Å². The third kappa shape index (κ3) is 8.33. The second kappa shape index (κ2) is 12.1. The molecule has 0 aliphatic carbocycles. The number of hydrogen-bond acceptors (Lipinski definition) is 6. The molecule has 0 spiro atoms. The Kier molecular flexibility index (Phi) is 14.5. The van der Waals surface area contributed by atoms with E-state index in [1.165, 1.54) is 12.1 Å². The molecule has 0 saturated carbocycles. The van der Waals surface area contributed by atoms with Gasteiger partial charge in [-0.05, 0) is 12.1 Å². The summed E-state index contributed by atoms with van der Waals surface area (Å²) < 4.78 is 45.3. The standard InChI is InChI=1S/C8H6O8S2.2K.2H/c9-7(15-17(11)12)5-3-1-2-4-6(5)8(10)16-18(13)14;;;;/h1-4H,(H,11,12)(H,13,14);;;;. The fourth-order valence-electron chi connectivity index (χ4n) is 1.06. The van der Waals surface area contributed by atoms with Crippen molar-refractivity contribution in [3.8, 4) is 0 Å². The van der Waals surface area contributed by atoms with Crippen molar-refractivity contribution in [2.24, 2.45) is 0 Å². The Morgan fingerprint density at radius 1 is 0.850 bits per heavy atom. The van der Waals surface area contributed by atoms with Gasteiger partial charge in [0.05, 0.1) is 11.1 Å². The molecular formula is C8H8K2O8S2. The number of hydrogen-bond donors (Lipinski definition) is 2. The molecule has 0 saturated heterocycles. The molecule has 8 nitrogen and oxygen atoms in total. The zero-order valence-corrected chi connectivity index (χ0v) is 10.1. The first-order valence-corrected chi connectivity index (χ1v) is 6.24. The van der Waals surface area contributed by atoms with Crippen LogP contribution in [0.2, 0.25) is 0 Å². The first-order chi connectivity index (χ1) is 8.41. The Morgan fingerprint density at radius 2 is 1.15 bits per heavy atom. The van der Waals surface area contributed by atoms with Gasteiger partial charge in [0.2, 0.25) is 0 Å². The zero-order chi connectivity index (χ0) is 13.7. The summed E-state index contributed by atoms with van der Waals surface area (Å²) in [6.07, 6.45) is 0. The predicted molar refractivity (Wildman–Crippen MR) is 73.1 cm³/mol. The van der Waals surface area contributed by atoms with Crippen LogP contribution in [0.15, 0.2) is 24.3 Å². The molecule has 0 aliphatic heterocycles. The molecule has 2 atom stereocenters. The van der Waals surface area contributed by atoms with Crippen molar-refractivity contribution in [1.82, 2.24) is 0 Å². The van der Waals surface area contributed by atoms with Gasteiger partial charge in [-0.25, -0.2) is 9.59 Å². The van der Waals surface area contributed by atoms with E-state index in [9.17, 15) is 18.0 Å². The Morgan fingerprint density at radius 3 is 1.40 bits per heavy atom. The third-order valence-electron chi connectivity index (χ3n) is 1.66. The van der Waals surface area contributed by atoms with Gasteiger partial charge in [0.25, 0.3) is 0 Å². The minimum absolute atomic E-state index is 0. The van der Waals surface area contributed by atoms with Crippen molar-refractivity contribution in [2.75, 3.05) is 0 Å². The molecule has 1 rings (SSSR count). The topological polar surface area (TPSA) is 127 Å². The van der Waals surface area contributed by atoms with Crippen molar-refractivity contribution >= 4 is 137 Å². The molecular weight excluding hydrogens is 366 g/mol. The van der Waals surface area contributed by atoms with E-state index in [4.69, 9.17) is 9.11 Å². The van der Waals surface area contributed by atoms with E-state index in [0.29, 0.717) is 0 Å². The van der Waals surface area contributed by atoms with Crippen molar-refractivity contribution in [2.45, 2.75) is 0 Å². The van der Waals surface area contributed by atoms with Crippen molar-refractivity contribution < 1.29 is 35.5 Å². The monoisotopic (exact) mass is 374 g/mol. The maximum absolute atomic E-state index is 11.3. The SMILES string of the molecule is O=C(OS(=O)O)c1ccccc1C(=O)OS(=O)O.[KH].[KH]. The van der Waals surface area contributed by atoms with Crippen LogP contribution in [0, 0.1) is 0 Å². The van der Waals surface area contributed by atoms with Gasteiger partial charge in [-0.1, -0.05) is 12.1 Å². The number of carbonyl (C=O) groups excluding carboxylic acids is 2. The second-order valence-electron chi connectivity index (χ2n) is 2.72. The van der Waals surface area contributed by atoms with Gasteiger partial charge in [-0.2, -0.15) is 8.42 Å². The van der Waals surface area contributed by atoms with Gasteiger partial charge in [0, 0.05) is 0 Å². The maximum atomic E-state index is 11.3. The van der Waals surface area contributed by atoms with Crippen molar-refractivity contribution in [3.63, 3.8) is 0 Å². The molecule has 0 bridgehead atoms. The molecule has 1 aromatic carbocycles. The summed E-state index contributed by atoms with van der Waals surface area (Å²) in [5, 5.41) is 0. The van der Waals surface area contributed by atoms with Gasteiger partial charge in [-0.3, -0.25) is 9.11 Å². The Balaban J connectivity index is 0. The summed E-state index contributed by atoms with van der Waals surface area (Å²) in [7, 11) is 0. The van der Waals surface area contributed by atoms with Crippen LogP contribution in [0.5, 0.6) is 0 Å². The molecule has 102 valence electrons. The van der Waals surface area contributed by atoms with E-state index in [1.807, 2.05) is 0 Å². The van der Waals surface area contributed by atoms with Crippen LogP contribution in [0.25, 0.3) is 0 Å². The molecule has 2 unspecified atom stereocenters.